The average molecular weight is 248 g/mol. The maximum absolute atomic E-state index is 13.0. The molecule has 6 heteroatoms. The zero-order valence-corrected chi connectivity index (χ0v) is 9.22. The molecule has 0 fully saturated rings. The van der Waals surface area contributed by atoms with Crippen LogP contribution in [0.2, 0.25) is 0 Å². The molecule has 1 aromatic carbocycles. The van der Waals surface area contributed by atoms with Crippen LogP contribution in [0.15, 0.2) is 12.1 Å². The Hall–Kier alpha value is -1.11. The van der Waals surface area contributed by atoms with E-state index in [0.29, 0.717) is 13.0 Å². The fraction of sp³-hybridized carbons (Fsp3) is 0.455. The third kappa shape index (κ3) is 3.69. The molecular weight excluding hydrogens is 233 g/mol. The molecule has 0 spiro atoms. The lowest BCUT2D eigenvalue weighted by atomic mass is 10.1. The second-order valence-corrected chi connectivity index (χ2v) is 3.62. The van der Waals surface area contributed by atoms with Gasteiger partial charge in [-0.05, 0) is 30.7 Å². The van der Waals surface area contributed by atoms with E-state index >= 15 is 0 Å². The van der Waals surface area contributed by atoms with Crippen LogP contribution >= 0.6 is 0 Å². The summed E-state index contributed by atoms with van der Waals surface area (Å²) >= 11 is 0. The minimum absolute atomic E-state index is 0.0103. The van der Waals surface area contributed by atoms with Gasteiger partial charge >= 0.3 is 0 Å². The Kier molecular flexibility index (Phi) is 5.40. The summed E-state index contributed by atoms with van der Waals surface area (Å²) in [5, 5.41) is 11.5. The van der Waals surface area contributed by atoms with Crippen LogP contribution < -0.4 is 11.1 Å². The van der Waals surface area contributed by atoms with Crippen molar-refractivity contribution in [1.82, 2.24) is 5.32 Å². The van der Waals surface area contributed by atoms with E-state index in [4.69, 9.17) is 10.8 Å². The number of nitrogens with two attached hydrogens (primary N) is 1. The number of hydrogen-bond acceptors (Lipinski definition) is 3. The van der Waals surface area contributed by atoms with Gasteiger partial charge in [-0.2, -0.15) is 0 Å². The smallest absolute Gasteiger partial charge is 0.194 e. The molecule has 0 amide bonds. The summed E-state index contributed by atoms with van der Waals surface area (Å²) in [6.07, 6.45) is 0.503. The summed E-state index contributed by atoms with van der Waals surface area (Å²) in [7, 11) is 0. The normalized spacial score (nSPS) is 12.8. The van der Waals surface area contributed by atoms with Crippen LogP contribution in [0.4, 0.5) is 13.2 Å². The maximum atomic E-state index is 13.0. The number of aliphatic hydroxyl groups excluding tert-OH is 1. The van der Waals surface area contributed by atoms with Gasteiger partial charge in [0.15, 0.2) is 17.5 Å². The van der Waals surface area contributed by atoms with Gasteiger partial charge in [-0.1, -0.05) is 0 Å². The zero-order valence-electron chi connectivity index (χ0n) is 9.22. The predicted molar refractivity (Wildman–Crippen MR) is 57.8 cm³/mol. The van der Waals surface area contributed by atoms with Gasteiger partial charge < -0.3 is 16.2 Å². The first kappa shape index (κ1) is 14.0. The molecule has 3 nitrogen and oxygen atoms in total. The van der Waals surface area contributed by atoms with Crippen LogP contribution in [0.3, 0.4) is 0 Å². The Morgan fingerprint density at radius 1 is 1.24 bits per heavy atom. The molecule has 0 radical (unpaired) electrons. The molecule has 96 valence electrons. The summed E-state index contributed by atoms with van der Waals surface area (Å²) in [5.74, 6) is -3.95. The van der Waals surface area contributed by atoms with Crippen molar-refractivity contribution in [3.05, 3.63) is 35.1 Å². The maximum Gasteiger partial charge on any atom is 0.194 e. The van der Waals surface area contributed by atoms with E-state index in [0.717, 1.165) is 12.1 Å². The lowest BCUT2D eigenvalue weighted by Crippen LogP contribution is -2.29. The molecule has 1 atom stereocenters. The van der Waals surface area contributed by atoms with E-state index in [1.807, 2.05) is 0 Å². The fourth-order valence-electron chi connectivity index (χ4n) is 1.47. The standard InChI is InChI=1S/C11H15F3N2O/c12-8-4-7(5-9(13)11(8)14)10(6-15)16-2-1-3-17/h4-5,10,16-17H,1-3,6,15H2. The van der Waals surface area contributed by atoms with Crippen molar-refractivity contribution >= 4 is 0 Å². The Labute approximate surface area is 97.4 Å². The minimum Gasteiger partial charge on any atom is -0.396 e. The third-order valence-corrected chi connectivity index (χ3v) is 2.37. The quantitative estimate of drug-likeness (QED) is 0.521. The van der Waals surface area contributed by atoms with Gasteiger partial charge in [-0.15, -0.1) is 0 Å². The molecule has 0 aromatic heterocycles. The lowest BCUT2D eigenvalue weighted by Gasteiger charge is -2.17. The fourth-order valence-corrected chi connectivity index (χ4v) is 1.47. The van der Waals surface area contributed by atoms with Gasteiger partial charge in [0.1, 0.15) is 0 Å². The largest absolute Gasteiger partial charge is 0.396 e. The topological polar surface area (TPSA) is 58.3 Å². The molecule has 0 bridgehead atoms. The lowest BCUT2D eigenvalue weighted by molar-refractivity contribution is 0.283. The summed E-state index contributed by atoms with van der Waals surface area (Å²) in [5.41, 5.74) is 5.71. The van der Waals surface area contributed by atoms with Crippen molar-refractivity contribution in [3.63, 3.8) is 0 Å². The number of rotatable bonds is 6. The second-order valence-electron chi connectivity index (χ2n) is 3.62. The molecule has 0 saturated heterocycles. The summed E-state index contributed by atoms with van der Waals surface area (Å²) in [6.45, 7) is 0.589. The van der Waals surface area contributed by atoms with E-state index in [2.05, 4.69) is 5.32 Å². The molecule has 4 N–H and O–H groups in total. The second kappa shape index (κ2) is 6.58. The Bertz CT molecular complexity index is 351. The van der Waals surface area contributed by atoms with Crippen LogP contribution in [0.5, 0.6) is 0 Å². The van der Waals surface area contributed by atoms with E-state index in [1.165, 1.54) is 0 Å². The molecule has 17 heavy (non-hydrogen) atoms. The van der Waals surface area contributed by atoms with Crippen molar-refractivity contribution < 1.29 is 18.3 Å². The van der Waals surface area contributed by atoms with Crippen molar-refractivity contribution in [2.45, 2.75) is 12.5 Å². The predicted octanol–water partition coefficient (Wildman–Crippen LogP) is 1.08. The van der Waals surface area contributed by atoms with Crippen LogP contribution in [0.1, 0.15) is 18.0 Å². The molecule has 0 aliphatic heterocycles. The van der Waals surface area contributed by atoms with Crippen molar-refractivity contribution in [1.29, 1.82) is 0 Å². The van der Waals surface area contributed by atoms with Gasteiger partial charge in [0.2, 0.25) is 0 Å². The molecule has 0 heterocycles. The average Bonchev–Trinajstić information content (AvgIpc) is 2.31. The molecule has 1 rings (SSSR count). The van der Waals surface area contributed by atoms with Gasteiger partial charge in [-0.25, -0.2) is 13.2 Å². The van der Waals surface area contributed by atoms with Crippen molar-refractivity contribution in [2.24, 2.45) is 5.73 Å². The highest BCUT2D eigenvalue weighted by atomic mass is 19.2. The minimum atomic E-state index is -1.49. The van der Waals surface area contributed by atoms with E-state index in [1.54, 1.807) is 0 Å². The summed E-state index contributed by atoms with van der Waals surface area (Å²) < 4.78 is 38.8. The number of nitrogens with one attached hydrogen (secondary N) is 1. The molecule has 0 aliphatic rings. The summed E-state index contributed by atoms with van der Waals surface area (Å²) in [6, 6.07) is 1.37. The molecule has 1 aromatic rings. The molecular formula is C11H15F3N2O. The van der Waals surface area contributed by atoms with Crippen LogP contribution in [0.25, 0.3) is 0 Å². The first-order valence-corrected chi connectivity index (χ1v) is 5.29. The van der Waals surface area contributed by atoms with Gasteiger partial charge in [0, 0.05) is 19.2 Å². The number of halogens is 3. The monoisotopic (exact) mass is 248 g/mol. The Balaban J connectivity index is 2.81. The van der Waals surface area contributed by atoms with Crippen LogP contribution in [0, 0.1) is 17.5 Å². The highest BCUT2D eigenvalue weighted by Gasteiger charge is 2.15. The van der Waals surface area contributed by atoms with E-state index in [-0.39, 0.29) is 18.7 Å². The van der Waals surface area contributed by atoms with Gasteiger partial charge in [0.25, 0.3) is 0 Å². The zero-order chi connectivity index (χ0) is 12.8. The Morgan fingerprint density at radius 2 is 1.82 bits per heavy atom. The third-order valence-electron chi connectivity index (χ3n) is 2.37. The van der Waals surface area contributed by atoms with Gasteiger partial charge in [-0.3, -0.25) is 0 Å². The molecule has 1 unspecified atom stereocenters. The van der Waals surface area contributed by atoms with E-state index < -0.39 is 23.5 Å². The van der Waals surface area contributed by atoms with Crippen molar-refractivity contribution in [3.8, 4) is 0 Å². The highest BCUT2D eigenvalue weighted by Crippen LogP contribution is 2.18. The molecule has 0 saturated carbocycles. The molecule has 0 aliphatic carbocycles. The number of aliphatic hydroxyl groups is 1. The van der Waals surface area contributed by atoms with Crippen molar-refractivity contribution in [2.75, 3.05) is 19.7 Å². The number of hydrogen-bond donors (Lipinski definition) is 3. The van der Waals surface area contributed by atoms with Gasteiger partial charge in [0.05, 0.1) is 0 Å². The first-order valence-electron chi connectivity index (χ1n) is 5.29. The van der Waals surface area contributed by atoms with Crippen LogP contribution in [-0.4, -0.2) is 24.8 Å². The summed E-state index contributed by atoms with van der Waals surface area (Å²) in [4.78, 5) is 0. The van der Waals surface area contributed by atoms with E-state index in [9.17, 15) is 13.2 Å². The SMILES string of the molecule is NCC(NCCCO)c1cc(F)c(F)c(F)c1. The number of benzene rings is 1. The van der Waals surface area contributed by atoms with Crippen LogP contribution in [-0.2, 0) is 0 Å². The Morgan fingerprint density at radius 3 is 2.29 bits per heavy atom. The highest BCUT2D eigenvalue weighted by molar-refractivity contribution is 5.23. The first-order chi connectivity index (χ1) is 8.10.